The van der Waals surface area contributed by atoms with Crippen molar-refractivity contribution in [2.75, 3.05) is 0 Å². The van der Waals surface area contributed by atoms with Crippen molar-refractivity contribution in [2.24, 2.45) is 0 Å². The molecule has 4 aromatic rings. The number of halogens is 2. The maximum absolute atomic E-state index is 4.99. The molecule has 4 rings (SSSR count). The third kappa shape index (κ3) is 2.38. The lowest BCUT2D eigenvalue weighted by atomic mass is 10.0. The molecule has 0 saturated heterocycles. The largest absolute Gasteiger partial charge is 0.292 e. The first-order valence-corrected chi connectivity index (χ1v) is 9.75. The summed E-state index contributed by atoms with van der Waals surface area (Å²) in [5.74, 6) is 0. The van der Waals surface area contributed by atoms with Crippen LogP contribution in [0.4, 0.5) is 0 Å². The van der Waals surface area contributed by atoms with Crippen molar-refractivity contribution >= 4 is 78.7 Å². The second-order valence-electron chi connectivity index (χ2n) is 5.67. The van der Waals surface area contributed by atoms with Gasteiger partial charge in [-0.3, -0.25) is 4.40 Å². The first-order chi connectivity index (χ1) is 11.6. The number of imidazole rings is 1. The third-order valence-electron chi connectivity index (χ3n) is 4.28. The molecule has 2 aromatic carbocycles. The van der Waals surface area contributed by atoms with Crippen LogP contribution in [0.15, 0.2) is 55.1 Å². The van der Waals surface area contributed by atoms with E-state index in [1.807, 2.05) is 12.2 Å². The Morgan fingerprint density at radius 3 is 2.75 bits per heavy atom. The number of pyridine rings is 1. The molecule has 0 bridgehead atoms. The smallest absolute Gasteiger partial charge is 0.146 e. The Bertz CT molecular complexity index is 1150. The molecule has 0 fully saturated rings. The van der Waals surface area contributed by atoms with Gasteiger partial charge in [0.05, 0.1) is 11.2 Å². The van der Waals surface area contributed by atoms with Crippen LogP contribution < -0.4 is 0 Å². The lowest BCUT2D eigenvalue weighted by molar-refractivity contribution is 1.19. The van der Waals surface area contributed by atoms with E-state index in [1.54, 1.807) is 0 Å². The fourth-order valence-corrected chi connectivity index (χ4v) is 4.28. The summed E-state index contributed by atoms with van der Waals surface area (Å²) in [4.78, 5) is 4.99. The zero-order valence-electron chi connectivity index (χ0n) is 13.1. The van der Waals surface area contributed by atoms with E-state index in [0.717, 1.165) is 22.4 Å². The predicted octanol–water partition coefficient (Wildman–Crippen LogP) is 6.36. The molecule has 0 radical (unpaired) electrons. The highest BCUT2D eigenvalue weighted by Crippen LogP contribution is 2.32. The molecule has 0 aliphatic heterocycles. The van der Waals surface area contributed by atoms with E-state index in [1.165, 1.54) is 23.5 Å². The molecule has 4 heteroatoms. The number of hydrogen-bond donors (Lipinski definition) is 0. The Balaban J connectivity index is 2.34. The Kier molecular flexibility index (Phi) is 4.12. The van der Waals surface area contributed by atoms with Crippen molar-refractivity contribution in [1.82, 2.24) is 9.38 Å². The number of rotatable bonds is 2. The van der Waals surface area contributed by atoms with Crippen LogP contribution in [0.5, 0.6) is 0 Å². The number of para-hydroxylation sites is 1. The summed E-state index contributed by atoms with van der Waals surface area (Å²) in [6.07, 6.45) is 5.92. The van der Waals surface area contributed by atoms with Crippen LogP contribution in [0.2, 0.25) is 0 Å². The zero-order chi connectivity index (χ0) is 16.8. The number of aromatic nitrogens is 2. The van der Waals surface area contributed by atoms with Crippen molar-refractivity contribution in [3.8, 4) is 0 Å². The number of allylic oxidation sites excluding steroid dienone is 2. The first-order valence-electron chi connectivity index (χ1n) is 7.59. The first kappa shape index (κ1) is 16.1. The molecule has 2 heterocycles. The Morgan fingerprint density at radius 2 is 1.96 bits per heavy atom. The molecule has 2 aromatic heterocycles. The summed E-state index contributed by atoms with van der Waals surface area (Å²) in [6.45, 7) is 5.99. The van der Waals surface area contributed by atoms with Crippen LogP contribution in [0.1, 0.15) is 11.3 Å². The molecule has 118 valence electrons. The standard InChI is InChI=1S/C20H14I2N2/c1-3-4-7-17-12(2)14-10-9-13(21)11-15(14)20-23-19-16(22)6-5-8-18(19)24(17)20/h3-11H,1H2,2H3/b7-4-. The number of aryl methyl sites for hydroxylation is 1. The summed E-state index contributed by atoms with van der Waals surface area (Å²) in [5.41, 5.74) is 5.62. The van der Waals surface area contributed by atoms with Gasteiger partial charge in [0.2, 0.25) is 0 Å². The van der Waals surface area contributed by atoms with Crippen molar-refractivity contribution in [2.45, 2.75) is 6.92 Å². The van der Waals surface area contributed by atoms with Gasteiger partial charge in [-0.05, 0) is 93.4 Å². The quantitative estimate of drug-likeness (QED) is 0.216. The van der Waals surface area contributed by atoms with Crippen molar-refractivity contribution in [1.29, 1.82) is 0 Å². The number of nitrogens with zero attached hydrogens (tertiary/aromatic N) is 2. The van der Waals surface area contributed by atoms with Gasteiger partial charge in [-0.2, -0.15) is 0 Å². The SMILES string of the molecule is C=C/C=C\c1c(C)c2ccc(I)cc2c2nc3c(I)cccc3n12. The van der Waals surface area contributed by atoms with Crippen molar-refractivity contribution in [3.05, 3.63) is 73.5 Å². The van der Waals surface area contributed by atoms with E-state index in [0.29, 0.717) is 0 Å². The fraction of sp³-hybridized carbons (Fsp3) is 0.0500. The maximum atomic E-state index is 4.99. The molecule has 0 saturated carbocycles. The minimum absolute atomic E-state index is 1.01. The second-order valence-corrected chi connectivity index (χ2v) is 8.08. The lowest BCUT2D eigenvalue weighted by Crippen LogP contribution is -1.97. The highest BCUT2D eigenvalue weighted by atomic mass is 127. The van der Waals surface area contributed by atoms with Crippen molar-refractivity contribution in [3.63, 3.8) is 0 Å². The Labute approximate surface area is 167 Å². The van der Waals surface area contributed by atoms with E-state index < -0.39 is 0 Å². The maximum Gasteiger partial charge on any atom is 0.146 e. The zero-order valence-corrected chi connectivity index (χ0v) is 17.4. The van der Waals surface area contributed by atoms with Crippen molar-refractivity contribution < 1.29 is 0 Å². The number of hydrogen-bond acceptors (Lipinski definition) is 1. The molecule has 0 unspecified atom stereocenters. The monoisotopic (exact) mass is 536 g/mol. The summed E-state index contributed by atoms with van der Waals surface area (Å²) >= 11 is 4.72. The van der Waals surface area contributed by atoms with Gasteiger partial charge in [0.25, 0.3) is 0 Å². The van der Waals surface area contributed by atoms with Gasteiger partial charge in [-0.1, -0.05) is 30.9 Å². The van der Waals surface area contributed by atoms with Crippen LogP contribution in [0.25, 0.3) is 33.5 Å². The van der Waals surface area contributed by atoms with Crippen LogP contribution in [-0.2, 0) is 0 Å². The van der Waals surface area contributed by atoms with E-state index in [4.69, 9.17) is 4.98 Å². The summed E-state index contributed by atoms with van der Waals surface area (Å²) < 4.78 is 4.66. The lowest BCUT2D eigenvalue weighted by Gasteiger charge is -2.12. The average Bonchev–Trinajstić information content (AvgIpc) is 2.96. The summed E-state index contributed by atoms with van der Waals surface area (Å²) in [7, 11) is 0. The molecule has 0 aliphatic carbocycles. The van der Waals surface area contributed by atoms with Crippen LogP contribution in [0, 0.1) is 14.1 Å². The molecule has 0 N–H and O–H groups in total. The third-order valence-corrected chi connectivity index (χ3v) is 5.82. The van der Waals surface area contributed by atoms with E-state index in [-0.39, 0.29) is 0 Å². The van der Waals surface area contributed by atoms with E-state index in [2.05, 4.69) is 106 Å². The van der Waals surface area contributed by atoms with Gasteiger partial charge in [0.15, 0.2) is 0 Å². The number of fused-ring (bicyclic) bond motifs is 5. The summed E-state index contributed by atoms with van der Waals surface area (Å²) in [5, 5.41) is 2.44. The van der Waals surface area contributed by atoms with Gasteiger partial charge in [-0.15, -0.1) is 0 Å². The van der Waals surface area contributed by atoms with Gasteiger partial charge in [0.1, 0.15) is 11.2 Å². The molecule has 0 aliphatic rings. The van der Waals surface area contributed by atoms with Crippen LogP contribution >= 0.6 is 45.2 Å². The average molecular weight is 536 g/mol. The second kappa shape index (κ2) is 6.15. The normalized spacial score (nSPS) is 12.0. The van der Waals surface area contributed by atoms with E-state index >= 15 is 0 Å². The fourth-order valence-electron chi connectivity index (χ4n) is 3.18. The predicted molar refractivity (Wildman–Crippen MR) is 120 cm³/mol. The molecule has 0 amide bonds. The minimum Gasteiger partial charge on any atom is -0.292 e. The summed E-state index contributed by atoms with van der Waals surface area (Å²) in [6, 6.07) is 12.9. The van der Waals surface area contributed by atoms with Crippen LogP contribution in [0.3, 0.4) is 0 Å². The Morgan fingerprint density at radius 1 is 1.12 bits per heavy atom. The van der Waals surface area contributed by atoms with E-state index in [9.17, 15) is 0 Å². The van der Waals surface area contributed by atoms with Gasteiger partial charge >= 0.3 is 0 Å². The minimum atomic E-state index is 1.01. The van der Waals surface area contributed by atoms with Gasteiger partial charge in [0, 0.05) is 12.5 Å². The van der Waals surface area contributed by atoms with Crippen LogP contribution in [-0.4, -0.2) is 9.38 Å². The molecule has 2 nitrogen and oxygen atoms in total. The molecule has 24 heavy (non-hydrogen) atoms. The molecular formula is C20H14I2N2. The highest BCUT2D eigenvalue weighted by Gasteiger charge is 2.16. The van der Waals surface area contributed by atoms with Gasteiger partial charge < -0.3 is 0 Å². The number of benzene rings is 2. The molecular weight excluding hydrogens is 522 g/mol. The highest BCUT2D eigenvalue weighted by molar-refractivity contribution is 14.1. The molecule has 0 atom stereocenters. The van der Waals surface area contributed by atoms with Gasteiger partial charge in [-0.25, -0.2) is 4.98 Å². The molecule has 0 spiro atoms. The Hall–Kier alpha value is -1.41. The topological polar surface area (TPSA) is 17.3 Å².